The van der Waals surface area contributed by atoms with E-state index in [1.165, 1.54) is 0 Å². The molecule has 6 nitrogen and oxygen atoms in total. The van der Waals surface area contributed by atoms with Crippen molar-refractivity contribution < 1.29 is 13.5 Å². The van der Waals surface area contributed by atoms with Gasteiger partial charge >= 0.3 is 0 Å². The van der Waals surface area contributed by atoms with Crippen LogP contribution in [0.5, 0.6) is 0 Å². The average molecular weight is 462 g/mol. The lowest BCUT2D eigenvalue weighted by atomic mass is 10.0. The molecule has 3 aromatic carbocycles. The molecule has 0 bridgehead atoms. The van der Waals surface area contributed by atoms with E-state index < -0.39 is 16.1 Å². The molecule has 0 aliphatic rings. The maximum atomic E-state index is 13.2. The molecule has 0 radical (unpaired) electrons. The zero-order valence-corrected chi connectivity index (χ0v) is 19.0. The standard InChI is InChI=1S/C26H27N3O3S/c30-25(21-9-5-2-6-10-21)12-14-27-15-16-29-33(31,32)26-18-22(20-7-3-1-4-8-20)17-23-19-28-13-11-24(23)26/h1-11,13,17-19,25,27,29-30H,12,14-16H2/t25-/m1/s1. The molecular weight excluding hydrogens is 434 g/mol. The van der Waals surface area contributed by atoms with Gasteiger partial charge in [-0.3, -0.25) is 4.98 Å². The Labute approximate surface area is 194 Å². The minimum absolute atomic E-state index is 0.237. The molecule has 1 aromatic heterocycles. The minimum Gasteiger partial charge on any atom is -0.388 e. The van der Waals surface area contributed by atoms with Gasteiger partial charge in [-0.2, -0.15) is 0 Å². The number of aromatic nitrogens is 1. The first-order valence-electron chi connectivity index (χ1n) is 10.9. The van der Waals surface area contributed by atoms with Crippen LogP contribution in [0.25, 0.3) is 21.9 Å². The van der Waals surface area contributed by atoms with Crippen molar-refractivity contribution in [1.82, 2.24) is 15.0 Å². The first-order valence-corrected chi connectivity index (χ1v) is 12.4. The Balaban J connectivity index is 1.40. The Hall–Kier alpha value is -3.10. The quantitative estimate of drug-likeness (QED) is 0.312. The number of pyridine rings is 1. The van der Waals surface area contributed by atoms with E-state index in [4.69, 9.17) is 0 Å². The lowest BCUT2D eigenvalue weighted by molar-refractivity contribution is 0.167. The second-order valence-corrected chi connectivity index (χ2v) is 9.54. The third-order valence-corrected chi connectivity index (χ3v) is 6.99. The summed E-state index contributed by atoms with van der Waals surface area (Å²) in [7, 11) is -3.73. The van der Waals surface area contributed by atoms with Gasteiger partial charge in [-0.05, 0) is 47.9 Å². The maximum absolute atomic E-state index is 13.2. The number of hydrogen-bond acceptors (Lipinski definition) is 5. The maximum Gasteiger partial charge on any atom is 0.241 e. The van der Waals surface area contributed by atoms with Gasteiger partial charge in [0.1, 0.15) is 0 Å². The lowest BCUT2D eigenvalue weighted by Gasteiger charge is -2.13. The largest absolute Gasteiger partial charge is 0.388 e. The van der Waals surface area contributed by atoms with Gasteiger partial charge in [0.2, 0.25) is 10.0 Å². The zero-order chi connectivity index (χ0) is 23.1. The molecule has 33 heavy (non-hydrogen) atoms. The van der Waals surface area contributed by atoms with Gasteiger partial charge in [0, 0.05) is 36.3 Å². The Morgan fingerprint density at radius 3 is 2.33 bits per heavy atom. The lowest BCUT2D eigenvalue weighted by Crippen LogP contribution is -2.32. The van der Waals surface area contributed by atoms with Gasteiger partial charge in [0.05, 0.1) is 11.0 Å². The van der Waals surface area contributed by atoms with Crippen LogP contribution < -0.4 is 10.0 Å². The van der Waals surface area contributed by atoms with E-state index >= 15 is 0 Å². The molecule has 0 spiro atoms. The number of nitrogens with zero attached hydrogens (tertiary/aromatic N) is 1. The summed E-state index contributed by atoms with van der Waals surface area (Å²) in [6.07, 6.45) is 3.29. The van der Waals surface area contributed by atoms with Gasteiger partial charge in [0.15, 0.2) is 0 Å². The molecule has 0 unspecified atom stereocenters. The van der Waals surface area contributed by atoms with Gasteiger partial charge in [-0.15, -0.1) is 0 Å². The zero-order valence-electron chi connectivity index (χ0n) is 18.2. The monoisotopic (exact) mass is 461 g/mol. The Bertz CT molecular complexity index is 1300. The Morgan fingerprint density at radius 2 is 1.58 bits per heavy atom. The van der Waals surface area contributed by atoms with Crippen LogP contribution in [0.1, 0.15) is 18.1 Å². The van der Waals surface area contributed by atoms with Crippen molar-refractivity contribution in [3.8, 4) is 11.1 Å². The third-order valence-electron chi connectivity index (χ3n) is 5.48. The highest BCUT2D eigenvalue weighted by Crippen LogP contribution is 2.30. The fraction of sp³-hybridized carbons (Fsp3) is 0.192. The summed E-state index contributed by atoms with van der Waals surface area (Å²) >= 11 is 0. The summed E-state index contributed by atoms with van der Waals surface area (Å²) in [4.78, 5) is 4.39. The van der Waals surface area contributed by atoms with E-state index in [-0.39, 0.29) is 11.4 Å². The summed E-state index contributed by atoms with van der Waals surface area (Å²) in [6.45, 7) is 1.28. The van der Waals surface area contributed by atoms with Crippen LogP contribution in [0.3, 0.4) is 0 Å². The van der Waals surface area contributed by atoms with Crippen LogP contribution in [-0.4, -0.2) is 38.1 Å². The highest BCUT2D eigenvalue weighted by molar-refractivity contribution is 7.89. The predicted molar refractivity (Wildman–Crippen MR) is 131 cm³/mol. The molecule has 170 valence electrons. The van der Waals surface area contributed by atoms with Crippen LogP contribution in [-0.2, 0) is 10.0 Å². The van der Waals surface area contributed by atoms with Crippen molar-refractivity contribution >= 4 is 20.8 Å². The molecule has 0 saturated carbocycles. The molecule has 1 atom stereocenters. The summed E-state index contributed by atoms with van der Waals surface area (Å²) in [5.41, 5.74) is 2.64. The smallest absolute Gasteiger partial charge is 0.241 e. The molecule has 0 aliphatic heterocycles. The second kappa shape index (κ2) is 10.7. The molecule has 0 amide bonds. The molecule has 3 N–H and O–H groups in total. The summed E-state index contributed by atoms with van der Waals surface area (Å²) < 4.78 is 29.0. The van der Waals surface area contributed by atoms with E-state index in [0.717, 1.165) is 22.1 Å². The van der Waals surface area contributed by atoms with Crippen LogP contribution in [0.2, 0.25) is 0 Å². The molecular formula is C26H27N3O3S. The van der Waals surface area contributed by atoms with Gasteiger partial charge in [0.25, 0.3) is 0 Å². The normalized spacial score (nSPS) is 12.6. The fourth-order valence-electron chi connectivity index (χ4n) is 3.75. The van der Waals surface area contributed by atoms with Crippen LogP contribution in [0.15, 0.2) is 96.2 Å². The topological polar surface area (TPSA) is 91.3 Å². The third kappa shape index (κ3) is 5.83. The van der Waals surface area contributed by atoms with Gasteiger partial charge in [-0.1, -0.05) is 60.7 Å². The number of aliphatic hydroxyl groups is 1. The summed E-state index contributed by atoms with van der Waals surface area (Å²) in [5.74, 6) is 0. The predicted octanol–water partition coefficient (Wildman–Crippen LogP) is 3.89. The molecule has 0 saturated heterocycles. The van der Waals surface area contributed by atoms with E-state index in [2.05, 4.69) is 15.0 Å². The molecule has 4 rings (SSSR count). The van der Waals surface area contributed by atoms with Crippen LogP contribution >= 0.6 is 0 Å². The number of nitrogens with one attached hydrogen (secondary N) is 2. The van der Waals surface area contributed by atoms with E-state index in [1.54, 1.807) is 24.5 Å². The molecule has 0 aliphatic carbocycles. The molecule has 1 heterocycles. The van der Waals surface area contributed by atoms with Crippen LogP contribution in [0.4, 0.5) is 0 Å². The summed E-state index contributed by atoms with van der Waals surface area (Å²) in [5, 5.41) is 14.8. The highest BCUT2D eigenvalue weighted by Gasteiger charge is 2.19. The van der Waals surface area contributed by atoms with Crippen molar-refractivity contribution in [3.63, 3.8) is 0 Å². The summed E-state index contributed by atoms with van der Waals surface area (Å²) in [6, 6.07) is 24.6. The molecule has 7 heteroatoms. The number of hydrogen-bond donors (Lipinski definition) is 3. The van der Waals surface area contributed by atoms with Crippen molar-refractivity contribution in [1.29, 1.82) is 0 Å². The number of sulfonamides is 1. The molecule has 4 aromatic rings. The Morgan fingerprint density at radius 1 is 0.848 bits per heavy atom. The minimum atomic E-state index is -3.73. The number of fused-ring (bicyclic) bond motifs is 1. The highest BCUT2D eigenvalue weighted by atomic mass is 32.2. The van der Waals surface area contributed by atoms with Crippen LogP contribution in [0, 0.1) is 0 Å². The van der Waals surface area contributed by atoms with Crippen molar-refractivity contribution in [2.45, 2.75) is 17.4 Å². The van der Waals surface area contributed by atoms with Gasteiger partial charge < -0.3 is 10.4 Å². The fourth-order valence-corrected chi connectivity index (χ4v) is 5.03. The van der Waals surface area contributed by atoms with Crippen molar-refractivity contribution in [2.75, 3.05) is 19.6 Å². The SMILES string of the molecule is O=S(=O)(NCCNCC[C@@H](O)c1ccccc1)c1cc(-c2ccccc2)cc2cnccc12. The van der Waals surface area contributed by atoms with E-state index in [0.29, 0.717) is 24.9 Å². The first-order chi connectivity index (χ1) is 16.0. The number of benzene rings is 3. The van der Waals surface area contributed by atoms with E-state index in [1.807, 2.05) is 66.7 Å². The molecule has 0 fully saturated rings. The van der Waals surface area contributed by atoms with Gasteiger partial charge in [-0.25, -0.2) is 13.1 Å². The number of rotatable bonds is 10. The number of aliphatic hydroxyl groups excluding tert-OH is 1. The average Bonchev–Trinajstić information content (AvgIpc) is 2.86. The second-order valence-electron chi connectivity index (χ2n) is 7.80. The van der Waals surface area contributed by atoms with Crippen molar-refractivity contribution in [3.05, 3.63) is 96.8 Å². The Kier molecular flexibility index (Phi) is 7.47. The first kappa shape index (κ1) is 23.1. The van der Waals surface area contributed by atoms with E-state index in [9.17, 15) is 13.5 Å². The van der Waals surface area contributed by atoms with Crippen molar-refractivity contribution in [2.24, 2.45) is 0 Å².